The molecule has 0 aromatic heterocycles. The van der Waals surface area contributed by atoms with Gasteiger partial charge in [0.2, 0.25) is 0 Å². The Morgan fingerprint density at radius 1 is 1.40 bits per heavy atom. The predicted octanol–water partition coefficient (Wildman–Crippen LogP) is -0.381. The van der Waals surface area contributed by atoms with E-state index < -0.39 is 8.10 Å². The van der Waals surface area contributed by atoms with E-state index in [0.29, 0.717) is 0 Å². The van der Waals surface area contributed by atoms with E-state index >= 15 is 0 Å². The van der Waals surface area contributed by atoms with E-state index in [0.717, 1.165) is 0 Å². The van der Waals surface area contributed by atoms with Gasteiger partial charge in [0.25, 0.3) is 0 Å². The van der Waals surface area contributed by atoms with Crippen molar-refractivity contribution >= 4 is 18.0 Å². The summed E-state index contributed by atoms with van der Waals surface area (Å²) in [6, 6.07) is 0. The fourth-order valence-corrected chi connectivity index (χ4v) is 0. The highest BCUT2D eigenvalue weighted by Gasteiger charge is 1.83. The van der Waals surface area contributed by atoms with Gasteiger partial charge in [-0.1, -0.05) is 0 Å². The monoisotopic (exact) mass is 113 g/mol. The van der Waals surface area contributed by atoms with Gasteiger partial charge in [0.05, 0.1) is 0 Å². The van der Waals surface area contributed by atoms with Crippen molar-refractivity contribution in [3.8, 4) is 0 Å². The van der Waals surface area contributed by atoms with E-state index in [1.165, 1.54) is 0 Å². The van der Waals surface area contributed by atoms with Crippen LogP contribution in [0.1, 0.15) is 0 Å². The first kappa shape index (κ1) is 9.07. The van der Waals surface area contributed by atoms with Crippen molar-refractivity contribution in [1.29, 1.82) is 0 Å². The van der Waals surface area contributed by atoms with Crippen molar-refractivity contribution < 1.29 is 4.57 Å². The summed E-state index contributed by atoms with van der Waals surface area (Å²) < 4.78 is 9.15. The van der Waals surface area contributed by atoms with Crippen molar-refractivity contribution in [1.82, 2.24) is 0 Å². The van der Waals surface area contributed by atoms with Gasteiger partial charge in [-0.15, -0.1) is 11.0 Å². The van der Waals surface area contributed by atoms with Gasteiger partial charge in [-0.3, -0.25) is 0 Å². The Hall–Kier alpha value is 0.450. The maximum absolute atomic E-state index is 9.15. The molecular formula is H7N2OP2+. The Kier molecular flexibility index (Phi) is 8.07. The van der Waals surface area contributed by atoms with Gasteiger partial charge in [-0.25, -0.2) is 0 Å². The van der Waals surface area contributed by atoms with Crippen LogP contribution in [0.3, 0.4) is 0 Å². The molecule has 0 bridgehead atoms. The van der Waals surface area contributed by atoms with Gasteiger partial charge >= 0.3 is 8.10 Å². The summed E-state index contributed by atoms with van der Waals surface area (Å²) in [6.45, 7) is 0. The molecule has 1 unspecified atom stereocenters. The van der Waals surface area contributed by atoms with Crippen LogP contribution in [-0.4, -0.2) is 0 Å². The van der Waals surface area contributed by atoms with Gasteiger partial charge in [0.15, 0.2) is 0 Å². The second-order valence-corrected chi connectivity index (χ2v) is 1.08. The van der Waals surface area contributed by atoms with Crippen molar-refractivity contribution in [3.05, 3.63) is 0 Å². The summed E-state index contributed by atoms with van der Waals surface area (Å²) in [5, 5.41) is 0. The molecule has 0 heterocycles. The van der Waals surface area contributed by atoms with Crippen LogP contribution in [0.5, 0.6) is 0 Å². The SMILES string of the molecule is N[P+](N)=O.P. The number of rotatable bonds is 0. The van der Waals surface area contributed by atoms with Gasteiger partial charge in [-0.2, -0.15) is 9.90 Å². The van der Waals surface area contributed by atoms with E-state index in [1.807, 2.05) is 0 Å². The first-order chi connectivity index (χ1) is 1.73. The topological polar surface area (TPSA) is 69.1 Å². The zero-order chi connectivity index (χ0) is 3.58. The van der Waals surface area contributed by atoms with Crippen LogP contribution in [0.2, 0.25) is 0 Å². The van der Waals surface area contributed by atoms with Crippen molar-refractivity contribution in [2.75, 3.05) is 0 Å². The fourth-order valence-electron chi connectivity index (χ4n) is 0. The number of hydrogen-bond donors (Lipinski definition) is 2. The predicted molar refractivity (Wildman–Crippen MR) is 27.1 cm³/mol. The molecular weight excluding hydrogens is 106 g/mol. The molecule has 5 heteroatoms. The van der Waals surface area contributed by atoms with Crippen molar-refractivity contribution in [2.45, 2.75) is 0 Å². The molecule has 4 N–H and O–H groups in total. The standard InChI is InChI=1S/H4N2OP.H3P/c1-4(2)3;/h(H4,1,2,3);1H3/q+1;. The third kappa shape index (κ3) is 132. The Morgan fingerprint density at radius 3 is 1.40 bits per heavy atom. The molecule has 1 atom stereocenters. The molecule has 0 aliphatic heterocycles. The second kappa shape index (κ2) is 4.45. The molecule has 0 aromatic rings. The molecule has 0 saturated carbocycles. The second-order valence-electron chi connectivity index (χ2n) is 0.360. The molecule has 0 aliphatic carbocycles. The Morgan fingerprint density at radius 2 is 1.40 bits per heavy atom. The highest BCUT2D eigenvalue weighted by Crippen LogP contribution is 1.82. The third-order valence-electron chi connectivity index (χ3n) is 0. The van der Waals surface area contributed by atoms with Crippen LogP contribution in [-0.2, 0) is 4.57 Å². The molecule has 0 aromatic carbocycles. The molecule has 0 fully saturated rings. The summed E-state index contributed by atoms with van der Waals surface area (Å²) in [6.07, 6.45) is 0. The lowest BCUT2D eigenvalue weighted by molar-refractivity contribution is 0.589. The molecule has 32 valence electrons. The van der Waals surface area contributed by atoms with E-state index in [4.69, 9.17) is 4.57 Å². The Labute approximate surface area is 34.6 Å². The Balaban J connectivity index is 0. The lowest BCUT2D eigenvalue weighted by atomic mass is 13.9. The molecule has 0 amide bonds. The van der Waals surface area contributed by atoms with Crippen LogP contribution in [0.25, 0.3) is 0 Å². The summed E-state index contributed by atoms with van der Waals surface area (Å²) in [5.41, 5.74) is 8.80. The van der Waals surface area contributed by atoms with Gasteiger partial charge in [-0.05, 0) is 4.57 Å². The molecule has 0 spiro atoms. The van der Waals surface area contributed by atoms with Crippen LogP contribution >= 0.6 is 18.0 Å². The van der Waals surface area contributed by atoms with E-state index in [9.17, 15) is 0 Å². The van der Waals surface area contributed by atoms with Gasteiger partial charge in [0, 0.05) is 0 Å². The quantitative estimate of drug-likeness (QED) is 0.420. The maximum Gasteiger partial charge on any atom is 0.526 e. The largest absolute Gasteiger partial charge is 0.526 e. The summed E-state index contributed by atoms with van der Waals surface area (Å²) in [4.78, 5) is 0. The molecule has 5 heavy (non-hydrogen) atoms. The van der Waals surface area contributed by atoms with Crippen LogP contribution < -0.4 is 11.0 Å². The van der Waals surface area contributed by atoms with Crippen LogP contribution in [0, 0.1) is 0 Å². The highest BCUT2D eigenvalue weighted by molar-refractivity contribution is 7.39. The highest BCUT2D eigenvalue weighted by atomic mass is 31.1. The fraction of sp³-hybridized carbons (Fsp3) is 0. The molecule has 0 rings (SSSR count). The minimum absolute atomic E-state index is 0. The van der Waals surface area contributed by atoms with Crippen molar-refractivity contribution in [2.24, 2.45) is 11.0 Å². The minimum Gasteiger partial charge on any atom is -0.153 e. The third-order valence-corrected chi connectivity index (χ3v) is 0. The summed E-state index contributed by atoms with van der Waals surface area (Å²) >= 11 is 0. The van der Waals surface area contributed by atoms with E-state index in [1.54, 1.807) is 0 Å². The normalized spacial score (nSPS) is 5.20. The maximum atomic E-state index is 9.15. The molecule has 0 aliphatic rings. The lowest BCUT2D eigenvalue weighted by Gasteiger charge is -1.39. The van der Waals surface area contributed by atoms with Crippen LogP contribution in [0.15, 0.2) is 0 Å². The first-order valence-corrected chi connectivity index (χ1v) is 2.10. The van der Waals surface area contributed by atoms with Crippen LogP contribution in [0.4, 0.5) is 0 Å². The summed E-state index contributed by atoms with van der Waals surface area (Å²) in [5.74, 6) is 0. The molecule has 3 nitrogen and oxygen atoms in total. The average Bonchev–Trinajstić information content (AvgIpc) is 0.811. The van der Waals surface area contributed by atoms with Gasteiger partial charge in [0.1, 0.15) is 0 Å². The van der Waals surface area contributed by atoms with Crippen molar-refractivity contribution in [3.63, 3.8) is 0 Å². The minimum atomic E-state index is -1.87. The molecule has 0 saturated heterocycles. The zero-order valence-corrected chi connectivity index (χ0v) is 5.03. The lowest BCUT2D eigenvalue weighted by Crippen LogP contribution is -1.84. The zero-order valence-electron chi connectivity index (χ0n) is 2.72. The number of hydrogen-bond acceptors (Lipinski definition) is 1. The summed E-state index contributed by atoms with van der Waals surface area (Å²) in [7, 11) is -1.87. The molecule has 0 radical (unpaired) electrons. The van der Waals surface area contributed by atoms with Gasteiger partial charge < -0.3 is 0 Å². The number of nitrogens with two attached hydrogens (primary N) is 2. The Bertz CT molecular complexity index is 30.6. The smallest absolute Gasteiger partial charge is 0.153 e. The average molecular weight is 113 g/mol. The van der Waals surface area contributed by atoms with E-state index in [-0.39, 0.29) is 9.90 Å². The first-order valence-electron chi connectivity index (χ1n) is 0.699. The van der Waals surface area contributed by atoms with E-state index in [2.05, 4.69) is 11.0 Å².